The van der Waals surface area contributed by atoms with Crippen LogP contribution in [0.5, 0.6) is 5.75 Å². The Hall–Kier alpha value is -2.46. The van der Waals surface area contributed by atoms with Crippen LogP contribution in [-0.4, -0.2) is 21.7 Å². The minimum atomic E-state index is -1.03. The molecule has 0 radical (unpaired) electrons. The van der Waals surface area contributed by atoms with Gasteiger partial charge in [0.15, 0.2) is 5.69 Å². The maximum absolute atomic E-state index is 12.1. The van der Waals surface area contributed by atoms with Crippen LogP contribution in [0, 0.1) is 11.8 Å². The zero-order valence-electron chi connectivity index (χ0n) is 17.3. The Balaban J connectivity index is 1.60. The molecule has 5 heteroatoms. The van der Waals surface area contributed by atoms with Crippen molar-refractivity contribution >= 4 is 28.5 Å². The van der Waals surface area contributed by atoms with E-state index in [2.05, 4.69) is 12.1 Å². The van der Waals surface area contributed by atoms with Crippen LogP contribution in [0.3, 0.4) is 0 Å². The van der Waals surface area contributed by atoms with Crippen molar-refractivity contribution in [2.24, 2.45) is 11.8 Å². The highest BCUT2D eigenvalue weighted by molar-refractivity contribution is 6.38. The molecule has 30 heavy (non-hydrogen) atoms. The monoisotopic (exact) mass is 423 g/mol. The van der Waals surface area contributed by atoms with Gasteiger partial charge >= 0.3 is 5.97 Å². The fraction of sp³-hybridized carbons (Fsp3) is 0.400. The van der Waals surface area contributed by atoms with Crippen LogP contribution in [-0.2, 0) is 0 Å². The minimum Gasteiger partial charge on any atom is -0.491 e. The number of carboxylic acids is 1. The van der Waals surface area contributed by atoms with Crippen molar-refractivity contribution in [1.82, 2.24) is 4.57 Å². The topological polar surface area (TPSA) is 51.5 Å². The van der Waals surface area contributed by atoms with E-state index in [0.717, 1.165) is 34.2 Å². The van der Waals surface area contributed by atoms with Crippen molar-refractivity contribution in [3.63, 3.8) is 0 Å². The zero-order chi connectivity index (χ0) is 21.0. The highest BCUT2D eigenvalue weighted by Gasteiger charge is 2.40. The van der Waals surface area contributed by atoms with E-state index in [1.165, 1.54) is 31.2 Å². The minimum absolute atomic E-state index is 0.0801. The number of aromatic nitrogens is 1. The molecule has 0 saturated heterocycles. The van der Waals surface area contributed by atoms with Crippen LogP contribution < -0.4 is 4.74 Å². The first-order valence-corrected chi connectivity index (χ1v) is 11.1. The van der Waals surface area contributed by atoms with Crippen molar-refractivity contribution in [1.29, 1.82) is 0 Å². The summed E-state index contributed by atoms with van der Waals surface area (Å²) in [6.07, 6.45) is 5.34. The van der Waals surface area contributed by atoms with Crippen LogP contribution >= 0.6 is 11.6 Å². The average Bonchev–Trinajstić information content (AvgIpc) is 3.41. The number of hydrogen-bond acceptors (Lipinski definition) is 2. The summed E-state index contributed by atoms with van der Waals surface area (Å²) in [4.78, 5) is 12.1. The molecule has 4 nitrogen and oxygen atoms in total. The lowest BCUT2D eigenvalue weighted by Gasteiger charge is -2.22. The Kier molecular flexibility index (Phi) is 4.78. The molecule has 0 spiro atoms. The molecular formula is C25H26ClNO3. The zero-order valence-corrected chi connectivity index (χ0v) is 18.0. The van der Waals surface area contributed by atoms with Crippen molar-refractivity contribution < 1.29 is 14.6 Å². The van der Waals surface area contributed by atoms with Crippen molar-refractivity contribution in [3.05, 3.63) is 58.7 Å². The normalized spacial score (nSPS) is 22.9. The maximum atomic E-state index is 12.1. The van der Waals surface area contributed by atoms with Gasteiger partial charge in [-0.3, -0.25) is 0 Å². The van der Waals surface area contributed by atoms with Crippen LogP contribution in [0.25, 0.3) is 16.6 Å². The van der Waals surface area contributed by atoms with E-state index < -0.39 is 5.97 Å². The molecule has 3 unspecified atom stereocenters. The molecule has 2 aliphatic rings. The van der Waals surface area contributed by atoms with Gasteiger partial charge in [-0.25, -0.2) is 4.79 Å². The van der Waals surface area contributed by atoms with Crippen LogP contribution in [0.4, 0.5) is 0 Å². The van der Waals surface area contributed by atoms with E-state index in [1.54, 1.807) is 4.57 Å². The molecule has 5 rings (SSSR count). The molecule has 2 fully saturated rings. The maximum Gasteiger partial charge on any atom is 0.354 e. The van der Waals surface area contributed by atoms with E-state index in [4.69, 9.17) is 16.3 Å². The quantitative estimate of drug-likeness (QED) is 0.498. The second-order valence-corrected chi connectivity index (χ2v) is 9.40. The highest BCUT2D eigenvalue weighted by Crippen LogP contribution is 2.53. The van der Waals surface area contributed by atoms with Crippen LogP contribution in [0.15, 0.2) is 42.5 Å². The Labute approximate surface area is 181 Å². The molecule has 0 aliphatic heterocycles. The molecule has 3 aromatic rings. The average molecular weight is 424 g/mol. The molecule has 2 aliphatic carbocycles. The lowest BCUT2D eigenvalue weighted by Crippen LogP contribution is -2.08. The third-order valence-corrected chi connectivity index (χ3v) is 7.15. The fourth-order valence-electron chi connectivity index (χ4n) is 5.56. The number of ether oxygens (including phenoxy) is 1. The van der Waals surface area contributed by atoms with Gasteiger partial charge in [0.2, 0.25) is 0 Å². The number of nitrogens with zero attached hydrogens (tertiary/aromatic N) is 1. The number of benzene rings is 2. The number of carboxylic acid groups (broad SMARTS) is 1. The van der Waals surface area contributed by atoms with Gasteiger partial charge in [-0.05, 0) is 92.8 Å². The Bertz CT molecular complexity index is 1120. The fourth-order valence-corrected chi connectivity index (χ4v) is 5.87. The number of rotatable bonds is 5. The summed E-state index contributed by atoms with van der Waals surface area (Å²) < 4.78 is 7.46. The summed E-state index contributed by atoms with van der Waals surface area (Å²) in [7, 11) is 0. The molecule has 2 saturated carbocycles. The molecule has 1 N–H and O–H groups in total. The Morgan fingerprint density at radius 3 is 2.50 bits per heavy atom. The number of hydrogen-bond donors (Lipinski definition) is 1. The van der Waals surface area contributed by atoms with Gasteiger partial charge in [-0.1, -0.05) is 24.1 Å². The van der Waals surface area contributed by atoms with E-state index in [0.29, 0.717) is 10.9 Å². The van der Waals surface area contributed by atoms with Gasteiger partial charge in [0.25, 0.3) is 0 Å². The molecule has 156 valence electrons. The summed E-state index contributed by atoms with van der Waals surface area (Å²) in [5.41, 5.74) is 2.98. The lowest BCUT2D eigenvalue weighted by molar-refractivity contribution is 0.0689. The number of aromatic carboxylic acids is 1. The first-order valence-electron chi connectivity index (χ1n) is 10.8. The molecule has 2 aromatic carbocycles. The first kappa shape index (κ1) is 19.5. The summed E-state index contributed by atoms with van der Waals surface area (Å²) in [6.45, 7) is 3.95. The molecule has 0 amide bonds. The van der Waals surface area contributed by atoms with Gasteiger partial charge in [0.05, 0.1) is 16.6 Å². The van der Waals surface area contributed by atoms with E-state index in [-0.39, 0.29) is 11.8 Å². The smallest absolute Gasteiger partial charge is 0.354 e. The SMILES string of the molecule is CC(C)Oc1ccc(-n2c(C(=O)O)c(Cl)c3cc(C4CC5CCC4C5)ccc32)cc1. The largest absolute Gasteiger partial charge is 0.491 e. The van der Waals surface area contributed by atoms with Gasteiger partial charge < -0.3 is 14.4 Å². The van der Waals surface area contributed by atoms with E-state index in [1.807, 2.05) is 44.2 Å². The van der Waals surface area contributed by atoms with Gasteiger partial charge in [-0.2, -0.15) is 0 Å². The van der Waals surface area contributed by atoms with Crippen molar-refractivity contribution in [2.45, 2.75) is 51.6 Å². The number of fused-ring (bicyclic) bond motifs is 3. The molecule has 3 atom stereocenters. The predicted molar refractivity (Wildman–Crippen MR) is 119 cm³/mol. The van der Waals surface area contributed by atoms with Gasteiger partial charge in [-0.15, -0.1) is 0 Å². The second-order valence-electron chi connectivity index (χ2n) is 9.02. The summed E-state index contributed by atoms with van der Waals surface area (Å²) in [5, 5.41) is 11.0. The van der Waals surface area contributed by atoms with Crippen LogP contribution in [0.1, 0.15) is 61.5 Å². The summed E-state index contributed by atoms with van der Waals surface area (Å²) >= 11 is 6.64. The Morgan fingerprint density at radius 1 is 1.13 bits per heavy atom. The second kappa shape index (κ2) is 7.35. The third kappa shape index (κ3) is 3.18. The first-order chi connectivity index (χ1) is 14.4. The predicted octanol–water partition coefficient (Wildman–Crippen LogP) is 6.67. The molecular weight excluding hydrogens is 398 g/mol. The number of carbonyl (C=O) groups is 1. The summed E-state index contributed by atoms with van der Waals surface area (Å²) in [6, 6.07) is 13.8. The standard InChI is InChI=1S/C25H26ClNO3/c1-14(2)30-19-8-6-18(7-9-19)27-22-10-5-17(20-12-15-3-4-16(20)11-15)13-21(22)23(26)24(27)25(28)29/h5-10,13-16,20H,3-4,11-12H2,1-2H3,(H,28,29). The lowest BCUT2D eigenvalue weighted by atomic mass is 9.83. The van der Waals surface area contributed by atoms with Gasteiger partial charge in [0, 0.05) is 11.1 Å². The summed E-state index contributed by atoms with van der Waals surface area (Å²) in [5.74, 6) is 1.93. The van der Waals surface area contributed by atoms with E-state index >= 15 is 0 Å². The third-order valence-electron chi connectivity index (χ3n) is 6.77. The Morgan fingerprint density at radius 2 is 1.90 bits per heavy atom. The van der Waals surface area contributed by atoms with Crippen molar-refractivity contribution in [3.8, 4) is 11.4 Å². The highest BCUT2D eigenvalue weighted by atomic mass is 35.5. The van der Waals surface area contributed by atoms with Crippen molar-refractivity contribution in [2.75, 3.05) is 0 Å². The molecule has 2 bridgehead atoms. The van der Waals surface area contributed by atoms with E-state index in [9.17, 15) is 9.90 Å². The number of halogens is 1. The van der Waals surface area contributed by atoms with Gasteiger partial charge in [0.1, 0.15) is 5.75 Å². The molecule has 1 aromatic heterocycles. The molecule has 1 heterocycles. The van der Waals surface area contributed by atoms with Crippen LogP contribution in [0.2, 0.25) is 5.02 Å².